The first-order valence-electron chi connectivity index (χ1n) is 8.20. The lowest BCUT2D eigenvalue weighted by Gasteiger charge is -2.21. The summed E-state index contributed by atoms with van der Waals surface area (Å²) in [4.78, 5) is 4.41. The second kappa shape index (κ2) is 10.8. The number of guanidine groups is 1. The van der Waals surface area contributed by atoms with Gasteiger partial charge in [0.25, 0.3) is 0 Å². The van der Waals surface area contributed by atoms with Crippen molar-refractivity contribution in [1.82, 2.24) is 5.32 Å². The summed E-state index contributed by atoms with van der Waals surface area (Å²) in [5, 5.41) is 6.27. The number of sulfone groups is 1. The Labute approximate surface area is 173 Å². The summed E-state index contributed by atoms with van der Waals surface area (Å²) in [6.07, 6.45) is 1.22. The van der Waals surface area contributed by atoms with Crippen molar-refractivity contribution in [3.05, 3.63) is 18.2 Å². The second-order valence-corrected chi connectivity index (χ2v) is 8.80. The first kappa shape index (κ1) is 24.8. The third-order valence-corrected chi connectivity index (χ3v) is 5.83. The Balaban J connectivity index is 0.00000625. The molecule has 1 rings (SSSR count). The summed E-state index contributed by atoms with van der Waals surface area (Å²) in [7, 11) is -1.62. The molecule has 0 amide bonds. The van der Waals surface area contributed by atoms with Gasteiger partial charge >= 0.3 is 0 Å². The third-order valence-electron chi connectivity index (χ3n) is 3.69. The summed E-state index contributed by atoms with van der Waals surface area (Å²) in [6, 6.07) is 5.46. The van der Waals surface area contributed by atoms with E-state index < -0.39 is 14.6 Å². The monoisotopic (exact) mass is 499 g/mol. The van der Waals surface area contributed by atoms with E-state index in [1.807, 2.05) is 26.0 Å². The number of ether oxygens (including phenoxy) is 2. The summed E-state index contributed by atoms with van der Waals surface area (Å²) in [5.41, 5.74) is 0.765. The number of hydrogen-bond donors (Lipinski definition) is 2. The number of nitrogens with one attached hydrogen (secondary N) is 2. The van der Waals surface area contributed by atoms with Gasteiger partial charge in [0, 0.05) is 24.6 Å². The molecule has 0 spiro atoms. The molecular weight excluding hydrogens is 469 g/mol. The highest BCUT2D eigenvalue weighted by Crippen LogP contribution is 2.30. The largest absolute Gasteiger partial charge is 0.493 e. The molecule has 0 saturated carbocycles. The zero-order valence-electron chi connectivity index (χ0n) is 16.3. The molecule has 0 radical (unpaired) electrons. The van der Waals surface area contributed by atoms with Gasteiger partial charge in [-0.3, -0.25) is 4.99 Å². The zero-order valence-corrected chi connectivity index (χ0v) is 19.4. The quantitative estimate of drug-likeness (QED) is 0.325. The van der Waals surface area contributed by atoms with Crippen molar-refractivity contribution in [3.63, 3.8) is 0 Å². The van der Waals surface area contributed by atoms with Gasteiger partial charge in [0.15, 0.2) is 27.3 Å². The number of rotatable bonds is 8. The van der Waals surface area contributed by atoms with Gasteiger partial charge in [0.2, 0.25) is 0 Å². The maximum absolute atomic E-state index is 11.8. The van der Waals surface area contributed by atoms with E-state index in [-0.39, 0.29) is 30.5 Å². The number of halogens is 1. The molecule has 0 aliphatic heterocycles. The average Bonchev–Trinajstić information content (AvgIpc) is 2.52. The van der Waals surface area contributed by atoms with Gasteiger partial charge in [0.1, 0.15) is 0 Å². The van der Waals surface area contributed by atoms with Gasteiger partial charge in [-0.1, -0.05) is 0 Å². The lowest BCUT2D eigenvalue weighted by molar-refractivity contribution is 0.311. The molecule has 0 aliphatic rings. The van der Waals surface area contributed by atoms with Crippen LogP contribution in [0.25, 0.3) is 0 Å². The van der Waals surface area contributed by atoms with E-state index in [0.29, 0.717) is 30.6 Å². The SMILES string of the molecule is CCNC(=NCC(C)(C)S(C)(=O)=O)Nc1ccc(OC)c(OCC)c1.I. The van der Waals surface area contributed by atoms with Gasteiger partial charge in [-0.2, -0.15) is 0 Å². The van der Waals surface area contributed by atoms with Crippen LogP contribution in [0.1, 0.15) is 27.7 Å². The highest BCUT2D eigenvalue weighted by Gasteiger charge is 2.30. The smallest absolute Gasteiger partial charge is 0.195 e. The van der Waals surface area contributed by atoms with Crippen molar-refractivity contribution in [3.8, 4) is 11.5 Å². The van der Waals surface area contributed by atoms with Crippen LogP contribution in [0.3, 0.4) is 0 Å². The fraction of sp³-hybridized carbons (Fsp3) is 0.588. The number of benzene rings is 1. The molecular formula is C17H30IN3O4S. The summed E-state index contributed by atoms with van der Waals surface area (Å²) >= 11 is 0. The van der Waals surface area contributed by atoms with E-state index in [1.54, 1.807) is 27.0 Å². The number of anilines is 1. The van der Waals surface area contributed by atoms with Gasteiger partial charge in [-0.25, -0.2) is 8.42 Å². The van der Waals surface area contributed by atoms with Crippen molar-refractivity contribution in [2.45, 2.75) is 32.4 Å². The normalized spacial score (nSPS) is 12.2. The topological polar surface area (TPSA) is 89.0 Å². The maximum Gasteiger partial charge on any atom is 0.195 e. The van der Waals surface area contributed by atoms with Crippen molar-refractivity contribution in [2.75, 3.05) is 38.4 Å². The average molecular weight is 499 g/mol. The van der Waals surface area contributed by atoms with Crippen LogP contribution in [-0.2, 0) is 9.84 Å². The molecule has 0 fully saturated rings. The molecule has 1 aromatic carbocycles. The molecule has 0 unspecified atom stereocenters. The molecule has 1 aromatic rings. The van der Waals surface area contributed by atoms with E-state index in [4.69, 9.17) is 9.47 Å². The first-order chi connectivity index (χ1) is 11.6. The number of aliphatic imine (C=N–C) groups is 1. The van der Waals surface area contributed by atoms with E-state index >= 15 is 0 Å². The molecule has 0 saturated heterocycles. The highest BCUT2D eigenvalue weighted by atomic mass is 127. The van der Waals surface area contributed by atoms with Crippen LogP contribution in [0.2, 0.25) is 0 Å². The lowest BCUT2D eigenvalue weighted by atomic mass is 10.2. The first-order valence-corrected chi connectivity index (χ1v) is 10.1. The summed E-state index contributed by atoms with van der Waals surface area (Å²) < 4.78 is 33.6. The minimum atomic E-state index is -3.21. The van der Waals surface area contributed by atoms with Crippen molar-refractivity contribution in [1.29, 1.82) is 0 Å². The molecule has 9 heteroatoms. The van der Waals surface area contributed by atoms with Gasteiger partial charge in [-0.05, 0) is 39.8 Å². The van der Waals surface area contributed by atoms with Crippen molar-refractivity contribution in [2.24, 2.45) is 4.99 Å². The van der Waals surface area contributed by atoms with Crippen LogP contribution in [0, 0.1) is 0 Å². The molecule has 0 aliphatic carbocycles. The lowest BCUT2D eigenvalue weighted by Crippen LogP contribution is -2.37. The van der Waals surface area contributed by atoms with Crippen molar-refractivity contribution >= 4 is 45.5 Å². The van der Waals surface area contributed by atoms with E-state index in [1.165, 1.54) is 6.26 Å². The Morgan fingerprint density at radius 3 is 2.38 bits per heavy atom. The predicted molar refractivity (Wildman–Crippen MR) is 118 cm³/mol. The Hall–Kier alpha value is -1.23. The summed E-state index contributed by atoms with van der Waals surface area (Å²) in [5.74, 6) is 1.78. The Morgan fingerprint density at radius 2 is 1.88 bits per heavy atom. The molecule has 26 heavy (non-hydrogen) atoms. The van der Waals surface area contributed by atoms with Gasteiger partial charge < -0.3 is 20.1 Å². The van der Waals surface area contributed by atoms with E-state index in [0.717, 1.165) is 5.69 Å². The number of hydrogen-bond acceptors (Lipinski definition) is 5. The molecule has 0 heterocycles. The molecule has 0 bridgehead atoms. The standard InChI is InChI=1S/C17H29N3O4S.HI/c1-7-18-16(19-12-17(3,4)25(6,21)22)20-13-9-10-14(23-5)15(11-13)24-8-2;/h9-11H,7-8,12H2,1-6H3,(H2,18,19,20);1H. The molecule has 0 aromatic heterocycles. The minimum absolute atomic E-state index is 0. The van der Waals surface area contributed by atoms with Crippen LogP contribution >= 0.6 is 24.0 Å². The fourth-order valence-corrected chi connectivity index (χ4v) is 2.15. The molecule has 2 N–H and O–H groups in total. The molecule has 7 nitrogen and oxygen atoms in total. The van der Waals surface area contributed by atoms with Crippen LogP contribution in [-0.4, -0.2) is 52.2 Å². The maximum atomic E-state index is 11.8. The number of nitrogens with zero attached hydrogens (tertiary/aromatic N) is 1. The van der Waals surface area contributed by atoms with E-state index in [9.17, 15) is 8.42 Å². The predicted octanol–water partition coefficient (Wildman–Crippen LogP) is 2.91. The van der Waals surface area contributed by atoms with Gasteiger partial charge in [-0.15, -0.1) is 24.0 Å². The van der Waals surface area contributed by atoms with Crippen LogP contribution in [0.15, 0.2) is 23.2 Å². The number of methoxy groups -OCH3 is 1. The van der Waals surface area contributed by atoms with Crippen molar-refractivity contribution < 1.29 is 17.9 Å². The molecule has 150 valence electrons. The fourth-order valence-electron chi connectivity index (χ4n) is 1.85. The van der Waals surface area contributed by atoms with Gasteiger partial charge in [0.05, 0.1) is 25.0 Å². The second-order valence-electron chi connectivity index (χ2n) is 6.15. The third kappa shape index (κ3) is 7.18. The minimum Gasteiger partial charge on any atom is -0.493 e. The van der Waals surface area contributed by atoms with E-state index in [2.05, 4.69) is 15.6 Å². The Bertz CT molecular complexity index is 706. The van der Waals surface area contributed by atoms with Crippen LogP contribution in [0.4, 0.5) is 5.69 Å². The Morgan fingerprint density at radius 1 is 1.23 bits per heavy atom. The highest BCUT2D eigenvalue weighted by molar-refractivity contribution is 14.0. The Kier molecular flexibility index (Phi) is 10.3. The summed E-state index contributed by atoms with van der Waals surface area (Å²) in [6.45, 7) is 8.49. The molecule has 0 atom stereocenters. The van der Waals surface area contributed by atoms with Crippen LogP contribution in [0.5, 0.6) is 11.5 Å². The van der Waals surface area contributed by atoms with Crippen LogP contribution < -0.4 is 20.1 Å². The zero-order chi connectivity index (χ0) is 19.1.